The number of imide groups is 2. The summed E-state index contributed by atoms with van der Waals surface area (Å²) >= 11 is 5.66. The van der Waals surface area contributed by atoms with Crippen molar-refractivity contribution in [3.63, 3.8) is 0 Å². The van der Waals surface area contributed by atoms with Gasteiger partial charge in [-0.2, -0.15) is 74.6 Å². The Morgan fingerprint density at radius 2 is 0.875 bits per heavy atom. The van der Waals surface area contributed by atoms with Crippen LogP contribution in [0.1, 0.15) is 0 Å². The summed E-state index contributed by atoms with van der Waals surface area (Å²) in [6.07, 6.45) is -5.62. The fourth-order valence-electron chi connectivity index (χ4n) is 3.61. The standard InChI is InChI=1S/C23H6ClF17N2O5/c24-7-5-8(42-11(44)1-2-12(42)45)9(43-13(46)3-4-14(43)47)6-10(7)48-16(26)15(25)17(27,28)18(29,30)19(31,32)20(33,34)21(35,36)22(37,38)23(39,40)41/h1-6H. The third kappa shape index (κ3) is 5.32. The number of anilines is 2. The van der Waals surface area contributed by atoms with Crippen molar-refractivity contribution in [2.45, 2.75) is 41.7 Å². The number of carbonyl (C=O) groups is 4. The molecule has 1 aromatic rings. The molecule has 0 spiro atoms. The van der Waals surface area contributed by atoms with Gasteiger partial charge in [-0.1, -0.05) is 11.6 Å². The number of amides is 4. The van der Waals surface area contributed by atoms with E-state index in [2.05, 4.69) is 4.74 Å². The maximum absolute atomic E-state index is 14.4. The van der Waals surface area contributed by atoms with Crippen LogP contribution in [0.25, 0.3) is 0 Å². The van der Waals surface area contributed by atoms with Gasteiger partial charge in [-0.15, -0.1) is 0 Å². The molecule has 0 saturated heterocycles. The number of alkyl halides is 15. The molecule has 0 saturated carbocycles. The van der Waals surface area contributed by atoms with Gasteiger partial charge in [0.25, 0.3) is 23.6 Å². The van der Waals surface area contributed by atoms with Gasteiger partial charge in [-0.3, -0.25) is 19.2 Å². The maximum atomic E-state index is 14.4. The molecule has 0 radical (unpaired) electrons. The fraction of sp³-hybridized carbons (Fsp3) is 0.304. The van der Waals surface area contributed by atoms with Crippen molar-refractivity contribution in [3.05, 3.63) is 53.3 Å². The third-order valence-corrected chi connectivity index (χ3v) is 6.40. The Balaban J connectivity index is 2.13. The number of carbonyl (C=O) groups excluding carboxylic acids is 4. The maximum Gasteiger partial charge on any atom is 0.460 e. The zero-order valence-corrected chi connectivity index (χ0v) is 22.5. The van der Waals surface area contributed by atoms with E-state index < -0.39 is 99.3 Å². The molecule has 0 N–H and O–H groups in total. The van der Waals surface area contributed by atoms with Crippen molar-refractivity contribution >= 4 is 46.6 Å². The first kappa shape index (κ1) is 38.1. The van der Waals surface area contributed by atoms with E-state index in [1.54, 1.807) is 0 Å². The zero-order valence-electron chi connectivity index (χ0n) is 21.7. The molecule has 25 heteroatoms. The number of benzene rings is 1. The smallest absolute Gasteiger partial charge is 0.428 e. The van der Waals surface area contributed by atoms with Crippen LogP contribution >= 0.6 is 11.6 Å². The summed E-state index contributed by atoms with van der Waals surface area (Å²) in [7, 11) is 0. The largest absolute Gasteiger partial charge is 0.460 e. The van der Waals surface area contributed by atoms with Gasteiger partial charge in [-0.05, 0) is 6.07 Å². The van der Waals surface area contributed by atoms with Crippen LogP contribution in [-0.4, -0.2) is 65.3 Å². The van der Waals surface area contributed by atoms with Crippen LogP contribution < -0.4 is 14.5 Å². The molecule has 2 aliphatic rings. The van der Waals surface area contributed by atoms with E-state index in [1.807, 2.05) is 0 Å². The summed E-state index contributed by atoms with van der Waals surface area (Å²) in [5, 5.41) is -1.28. The minimum absolute atomic E-state index is 0.0255. The molecule has 0 fully saturated rings. The van der Waals surface area contributed by atoms with Gasteiger partial charge in [0.05, 0.1) is 16.4 Å². The Morgan fingerprint density at radius 1 is 0.542 bits per heavy atom. The summed E-state index contributed by atoms with van der Waals surface area (Å²) in [5.74, 6) is -62.3. The molecule has 3 rings (SSSR count). The summed E-state index contributed by atoms with van der Waals surface area (Å²) in [6, 6.07) is -3.53. The highest BCUT2D eigenvalue weighted by Crippen LogP contribution is 2.63. The number of halogens is 18. The molecule has 7 nitrogen and oxygen atoms in total. The lowest BCUT2D eigenvalue weighted by atomic mass is 9.91. The van der Waals surface area contributed by atoms with E-state index in [4.69, 9.17) is 11.6 Å². The SMILES string of the molecule is O=C1C=CC(=O)N1c1cc(Cl)c(OC(F)=C(F)C(F)(F)C(F)(F)C(F)(F)C(F)(F)C(F)(F)C(F)(F)C(F)(F)F)cc1N1C(=O)C=CC1=O. The van der Waals surface area contributed by atoms with Gasteiger partial charge < -0.3 is 4.74 Å². The number of rotatable bonds is 10. The minimum Gasteiger partial charge on any atom is -0.428 e. The van der Waals surface area contributed by atoms with Gasteiger partial charge >= 0.3 is 47.7 Å². The van der Waals surface area contributed by atoms with Gasteiger partial charge in [-0.25, -0.2) is 9.80 Å². The molecule has 2 aliphatic heterocycles. The van der Waals surface area contributed by atoms with Crippen molar-refractivity contribution in [1.82, 2.24) is 0 Å². The minimum atomic E-state index is -8.79. The molecule has 264 valence electrons. The number of ether oxygens (including phenoxy) is 1. The van der Waals surface area contributed by atoms with Gasteiger partial charge in [0, 0.05) is 30.4 Å². The van der Waals surface area contributed by atoms with Gasteiger partial charge in [0.15, 0.2) is 5.75 Å². The van der Waals surface area contributed by atoms with Crippen molar-refractivity contribution in [1.29, 1.82) is 0 Å². The van der Waals surface area contributed by atoms with Crippen molar-refractivity contribution < 1.29 is 98.6 Å². The molecule has 0 aromatic heterocycles. The number of allylic oxidation sites excluding steroid dienone is 1. The first-order valence-electron chi connectivity index (χ1n) is 11.4. The molecule has 0 bridgehead atoms. The Labute approximate surface area is 256 Å². The van der Waals surface area contributed by atoms with E-state index >= 15 is 0 Å². The van der Waals surface area contributed by atoms with E-state index in [-0.39, 0.29) is 15.9 Å². The lowest BCUT2D eigenvalue weighted by molar-refractivity contribution is -0.451. The van der Waals surface area contributed by atoms with Crippen LogP contribution in [0.15, 0.2) is 48.3 Å². The predicted octanol–water partition coefficient (Wildman–Crippen LogP) is 7.06. The topological polar surface area (TPSA) is 84.0 Å². The average molecular weight is 749 g/mol. The van der Waals surface area contributed by atoms with Crippen LogP contribution in [0.3, 0.4) is 0 Å². The second-order valence-corrected chi connectivity index (χ2v) is 9.50. The Kier molecular flexibility index (Phi) is 9.01. The second-order valence-electron chi connectivity index (χ2n) is 9.10. The molecule has 4 amide bonds. The van der Waals surface area contributed by atoms with Crippen LogP contribution in [0.5, 0.6) is 5.75 Å². The second kappa shape index (κ2) is 11.4. The highest BCUT2D eigenvalue weighted by molar-refractivity contribution is 6.36. The van der Waals surface area contributed by atoms with Crippen LogP contribution in [0.2, 0.25) is 5.02 Å². The predicted molar refractivity (Wildman–Crippen MR) is 120 cm³/mol. The fourth-order valence-corrected chi connectivity index (χ4v) is 3.81. The Morgan fingerprint density at radius 3 is 1.25 bits per heavy atom. The van der Waals surface area contributed by atoms with Crippen molar-refractivity contribution in [3.8, 4) is 5.75 Å². The lowest BCUT2D eigenvalue weighted by Crippen LogP contribution is -2.72. The lowest BCUT2D eigenvalue weighted by Gasteiger charge is -2.41. The average Bonchev–Trinajstić information content (AvgIpc) is 3.46. The molecule has 1 aromatic carbocycles. The third-order valence-electron chi connectivity index (χ3n) is 6.10. The normalized spacial score (nSPS) is 17.6. The number of hydrogen-bond donors (Lipinski definition) is 0. The van der Waals surface area contributed by atoms with Crippen molar-refractivity contribution in [2.75, 3.05) is 9.80 Å². The quantitative estimate of drug-likeness (QED) is 0.146. The molecule has 2 heterocycles. The van der Waals surface area contributed by atoms with Gasteiger partial charge in [0.1, 0.15) is 0 Å². The summed E-state index contributed by atoms with van der Waals surface area (Å²) < 4.78 is 233. The molecular weight excluding hydrogens is 743 g/mol. The summed E-state index contributed by atoms with van der Waals surface area (Å²) in [4.78, 5) is 48.7. The number of nitrogens with zero attached hydrogens (tertiary/aromatic N) is 2. The van der Waals surface area contributed by atoms with Gasteiger partial charge in [0.2, 0.25) is 5.83 Å². The Hall–Kier alpha value is -4.38. The van der Waals surface area contributed by atoms with Crippen molar-refractivity contribution in [2.24, 2.45) is 0 Å². The first-order chi connectivity index (χ1) is 21.4. The Bertz CT molecular complexity index is 1650. The van der Waals surface area contributed by atoms with Crippen LogP contribution in [-0.2, 0) is 19.2 Å². The van der Waals surface area contributed by atoms with Crippen LogP contribution in [0.4, 0.5) is 86.0 Å². The van der Waals surface area contributed by atoms with E-state index in [0.29, 0.717) is 30.4 Å². The summed E-state index contributed by atoms with van der Waals surface area (Å²) in [5.41, 5.74) is -1.93. The first-order valence-corrected chi connectivity index (χ1v) is 11.8. The molecular formula is C23H6ClF17N2O5. The van der Waals surface area contributed by atoms with E-state index in [1.165, 1.54) is 0 Å². The van der Waals surface area contributed by atoms with Crippen LogP contribution in [0, 0.1) is 0 Å². The molecule has 0 atom stereocenters. The van der Waals surface area contributed by atoms with E-state index in [9.17, 15) is 93.8 Å². The zero-order chi connectivity index (χ0) is 37.4. The highest BCUT2D eigenvalue weighted by atomic mass is 35.5. The van der Waals surface area contributed by atoms with E-state index in [0.717, 1.165) is 0 Å². The molecule has 0 unspecified atom stereocenters. The highest BCUT2D eigenvalue weighted by Gasteiger charge is 2.94. The monoisotopic (exact) mass is 748 g/mol. The molecule has 48 heavy (non-hydrogen) atoms. The molecule has 0 aliphatic carbocycles. The summed E-state index contributed by atoms with van der Waals surface area (Å²) in [6.45, 7) is 0. The number of hydrogen-bond acceptors (Lipinski definition) is 5.